The highest BCUT2D eigenvalue weighted by molar-refractivity contribution is 6.33. The van der Waals surface area contributed by atoms with E-state index >= 15 is 0 Å². The van der Waals surface area contributed by atoms with Crippen LogP contribution in [0.1, 0.15) is 11.4 Å². The quantitative estimate of drug-likeness (QED) is 0.500. The summed E-state index contributed by atoms with van der Waals surface area (Å²) in [5.41, 5.74) is -0.304. The summed E-state index contributed by atoms with van der Waals surface area (Å²) in [5, 5.41) is 0.0919. The van der Waals surface area contributed by atoms with Crippen molar-refractivity contribution < 1.29 is 13.2 Å². The second-order valence-electron chi connectivity index (χ2n) is 4.55. The summed E-state index contributed by atoms with van der Waals surface area (Å²) in [7, 11) is 0. The van der Waals surface area contributed by atoms with Gasteiger partial charge in [-0.25, -0.2) is 9.97 Å². The summed E-state index contributed by atoms with van der Waals surface area (Å²) < 4.78 is 39.3. The Labute approximate surface area is 138 Å². The van der Waals surface area contributed by atoms with Crippen LogP contribution in [-0.2, 0) is 12.1 Å². The molecule has 0 atom stereocenters. The van der Waals surface area contributed by atoms with Gasteiger partial charge in [-0.3, -0.25) is 9.97 Å². The van der Waals surface area contributed by atoms with Gasteiger partial charge in [0.15, 0.2) is 5.15 Å². The Hall–Kier alpha value is -1.99. The first kappa shape index (κ1) is 15.9. The van der Waals surface area contributed by atoms with Crippen LogP contribution in [0.2, 0.25) is 5.15 Å². The lowest BCUT2D eigenvalue weighted by Gasteiger charge is -2.12. The Morgan fingerprint density at radius 1 is 1.13 bits per heavy atom. The third-order valence-electron chi connectivity index (χ3n) is 3.05. The molecule has 0 aliphatic heterocycles. The predicted octanol–water partition coefficient (Wildman–Crippen LogP) is 4.50. The number of rotatable bonds is 2. The van der Waals surface area contributed by atoms with E-state index in [1.54, 1.807) is 0 Å². The Morgan fingerprint density at radius 3 is 2.61 bits per heavy atom. The maximum atomic E-state index is 13.1. The minimum absolute atomic E-state index is 0.0251. The molecule has 0 saturated carbocycles. The first-order chi connectivity index (χ1) is 10.9. The van der Waals surface area contributed by atoms with E-state index in [2.05, 4.69) is 19.9 Å². The van der Waals surface area contributed by atoms with E-state index in [-0.39, 0.29) is 33.6 Å². The van der Waals surface area contributed by atoms with Crippen LogP contribution in [0.3, 0.4) is 0 Å². The van der Waals surface area contributed by atoms with Crippen molar-refractivity contribution in [1.29, 1.82) is 0 Å². The molecule has 0 fully saturated rings. The summed E-state index contributed by atoms with van der Waals surface area (Å²) in [6.45, 7) is 0. The van der Waals surface area contributed by atoms with Gasteiger partial charge in [0, 0.05) is 18.0 Å². The van der Waals surface area contributed by atoms with E-state index in [4.69, 9.17) is 23.2 Å². The standard InChI is InChI=1S/C14H7Cl2F3N4/c15-5-10-22-9-4-7(6-21-12(9)13(16)23-10)11-8(14(17,18)19)2-1-3-20-11/h1-4,6H,5H2. The lowest BCUT2D eigenvalue weighted by Crippen LogP contribution is -2.08. The number of pyridine rings is 2. The number of aromatic nitrogens is 4. The van der Waals surface area contributed by atoms with Gasteiger partial charge in [0.25, 0.3) is 0 Å². The van der Waals surface area contributed by atoms with Crippen molar-refractivity contribution in [2.75, 3.05) is 0 Å². The Morgan fingerprint density at radius 2 is 1.91 bits per heavy atom. The summed E-state index contributed by atoms with van der Waals surface area (Å²) in [6.07, 6.45) is -1.98. The Kier molecular flexibility index (Phi) is 4.08. The minimum atomic E-state index is -4.52. The summed E-state index contributed by atoms with van der Waals surface area (Å²) in [5.74, 6) is 0.289. The SMILES string of the molecule is FC(F)(F)c1cccnc1-c1cnc2c(Cl)nc(CCl)nc2c1. The van der Waals surface area contributed by atoms with Gasteiger partial charge in [0.1, 0.15) is 11.3 Å². The fourth-order valence-electron chi connectivity index (χ4n) is 2.08. The highest BCUT2D eigenvalue weighted by Gasteiger charge is 2.34. The fraction of sp³-hybridized carbons (Fsp3) is 0.143. The summed E-state index contributed by atoms with van der Waals surface area (Å²) in [4.78, 5) is 15.9. The number of hydrogen-bond donors (Lipinski definition) is 0. The van der Waals surface area contributed by atoms with Crippen molar-refractivity contribution in [2.24, 2.45) is 0 Å². The molecule has 0 N–H and O–H groups in total. The number of hydrogen-bond acceptors (Lipinski definition) is 4. The molecule has 0 aliphatic carbocycles. The van der Waals surface area contributed by atoms with Crippen LogP contribution in [0, 0.1) is 0 Å². The fourth-order valence-corrected chi connectivity index (χ4v) is 2.44. The monoisotopic (exact) mass is 358 g/mol. The maximum Gasteiger partial charge on any atom is 0.418 e. The van der Waals surface area contributed by atoms with E-state index in [1.807, 2.05) is 0 Å². The minimum Gasteiger partial charge on any atom is -0.256 e. The third-order valence-corrected chi connectivity index (χ3v) is 3.55. The highest BCUT2D eigenvalue weighted by atomic mass is 35.5. The Bertz CT molecular complexity index is 884. The molecular formula is C14H7Cl2F3N4. The molecule has 118 valence electrons. The van der Waals surface area contributed by atoms with Crippen LogP contribution in [0.5, 0.6) is 0 Å². The Balaban J connectivity index is 2.22. The maximum absolute atomic E-state index is 13.1. The van der Waals surface area contributed by atoms with Gasteiger partial charge in [0.05, 0.1) is 22.7 Å². The van der Waals surface area contributed by atoms with Crippen molar-refractivity contribution in [3.05, 3.63) is 47.1 Å². The second kappa shape index (κ2) is 5.90. The average molecular weight is 359 g/mol. The van der Waals surface area contributed by atoms with Crippen LogP contribution in [0.25, 0.3) is 22.3 Å². The zero-order valence-corrected chi connectivity index (χ0v) is 12.8. The van der Waals surface area contributed by atoms with Crippen molar-refractivity contribution in [3.63, 3.8) is 0 Å². The molecule has 0 saturated heterocycles. The topological polar surface area (TPSA) is 51.6 Å². The molecule has 0 aliphatic rings. The van der Waals surface area contributed by atoms with Crippen molar-refractivity contribution >= 4 is 34.2 Å². The first-order valence-corrected chi connectivity index (χ1v) is 7.22. The smallest absolute Gasteiger partial charge is 0.256 e. The molecule has 0 bridgehead atoms. The summed E-state index contributed by atoms with van der Waals surface area (Å²) >= 11 is 11.7. The molecule has 0 radical (unpaired) electrons. The molecule has 23 heavy (non-hydrogen) atoms. The average Bonchev–Trinajstić information content (AvgIpc) is 2.53. The molecule has 9 heteroatoms. The van der Waals surface area contributed by atoms with Crippen molar-refractivity contribution in [1.82, 2.24) is 19.9 Å². The van der Waals surface area contributed by atoms with Gasteiger partial charge in [-0.05, 0) is 18.2 Å². The number of fused-ring (bicyclic) bond motifs is 1. The molecule has 0 spiro atoms. The van der Waals surface area contributed by atoms with Crippen LogP contribution < -0.4 is 0 Å². The van der Waals surface area contributed by atoms with E-state index in [1.165, 1.54) is 24.5 Å². The summed E-state index contributed by atoms with van der Waals surface area (Å²) in [6, 6.07) is 3.62. The van der Waals surface area contributed by atoms with Crippen LogP contribution >= 0.6 is 23.2 Å². The van der Waals surface area contributed by atoms with Crippen LogP contribution in [0.4, 0.5) is 13.2 Å². The van der Waals surface area contributed by atoms with Gasteiger partial charge in [0.2, 0.25) is 0 Å². The number of nitrogens with zero attached hydrogens (tertiary/aromatic N) is 4. The molecule has 0 unspecified atom stereocenters. The third kappa shape index (κ3) is 3.07. The molecule has 3 aromatic rings. The molecule has 3 heterocycles. The zero-order valence-electron chi connectivity index (χ0n) is 11.3. The predicted molar refractivity (Wildman–Crippen MR) is 80.1 cm³/mol. The molecular weight excluding hydrogens is 352 g/mol. The molecule has 4 nitrogen and oxygen atoms in total. The van der Waals surface area contributed by atoms with Crippen molar-refractivity contribution in [2.45, 2.75) is 12.1 Å². The van der Waals surface area contributed by atoms with E-state index in [0.29, 0.717) is 5.52 Å². The highest BCUT2D eigenvalue weighted by Crippen LogP contribution is 2.36. The van der Waals surface area contributed by atoms with Gasteiger partial charge < -0.3 is 0 Å². The van der Waals surface area contributed by atoms with Gasteiger partial charge in [-0.1, -0.05) is 11.6 Å². The van der Waals surface area contributed by atoms with E-state index in [0.717, 1.165) is 6.07 Å². The van der Waals surface area contributed by atoms with E-state index in [9.17, 15) is 13.2 Å². The van der Waals surface area contributed by atoms with Crippen LogP contribution in [0.15, 0.2) is 30.6 Å². The van der Waals surface area contributed by atoms with Gasteiger partial charge in [-0.2, -0.15) is 13.2 Å². The largest absolute Gasteiger partial charge is 0.418 e. The normalized spacial score (nSPS) is 11.9. The van der Waals surface area contributed by atoms with Crippen molar-refractivity contribution in [3.8, 4) is 11.3 Å². The number of halogens is 5. The van der Waals surface area contributed by atoms with E-state index < -0.39 is 11.7 Å². The molecule has 3 aromatic heterocycles. The lowest BCUT2D eigenvalue weighted by atomic mass is 10.1. The molecule has 3 rings (SSSR count). The van der Waals surface area contributed by atoms with Crippen LogP contribution in [-0.4, -0.2) is 19.9 Å². The second-order valence-corrected chi connectivity index (χ2v) is 5.18. The van der Waals surface area contributed by atoms with Gasteiger partial charge in [-0.15, -0.1) is 11.6 Å². The molecule has 0 amide bonds. The number of alkyl halides is 4. The zero-order chi connectivity index (χ0) is 16.6. The lowest BCUT2D eigenvalue weighted by molar-refractivity contribution is -0.137. The molecule has 0 aromatic carbocycles. The first-order valence-electron chi connectivity index (χ1n) is 6.31. The van der Waals surface area contributed by atoms with Gasteiger partial charge >= 0.3 is 6.18 Å².